The van der Waals surface area contributed by atoms with E-state index in [0.29, 0.717) is 5.88 Å². The van der Waals surface area contributed by atoms with Crippen molar-refractivity contribution in [2.24, 2.45) is 0 Å². The summed E-state index contributed by atoms with van der Waals surface area (Å²) in [6.07, 6.45) is 0. The summed E-state index contributed by atoms with van der Waals surface area (Å²) in [5, 5.41) is -0.0468. The van der Waals surface area contributed by atoms with Gasteiger partial charge in [-0.2, -0.15) is 3.60 Å². The molecule has 18 heavy (non-hydrogen) atoms. The molecule has 3 radical (unpaired) electrons. The first-order chi connectivity index (χ1) is 7.25. The first-order valence-corrected chi connectivity index (χ1v) is 9.09. The predicted octanol–water partition coefficient (Wildman–Crippen LogP) is 5.78. The third kappa shape index (κ3) is 3.23. The maximum atomic E-state index is 6.33. The van der Waals surface area contributed by atoms with E-state index in [1.807, 2.05) is 0 Å². The Morgan fingerprint density at radius 3 is 1.17 bits per heavy atom. The van der Waals surface area contributed by atoms with Crippen LogP contribution in [0.15, 0.2) is 0 Å². The number of hydrogen-bond acceptors (Lipinski definition) is 1. The Labute approximate surface area is 131 Å². The molecule has 0 aromatic heterocycles. The molecule has 0 saturated heterocycles. The SMILES string of the molecule is CC(C)(C)[Si](N(Cl)Cl)(C(C)(C)C)C(C)(C)CCl.[B]. The van der Waals surface area contributed by atoms with Crippen molar-refractivity contribution in [3.05, 3.63) is 0 Å². The Bertz CT molecular complexity index is 255. The maximum absolute atomic E-state index is 6.33. The van der Waals surface area contributed by atoms with Crippen LogP contribution in [0, 0.1) is 0 Å². The predicted molar refractivity (Wildman–Crippen MR) is 89.2 cm³/mol. The second-order valence-corrected chi connectivity index (χ2v) is 15.4. The van der Waals surface area contributed by atoms with Crippen LogP contribution >= 0.6 is 35.2 Å². The molecule has 0 saturated carbocycles. The van der Waals surface area contributed by atoms with Gasteiger partial charge < -0.3 is 0 Å². The zero-order chi connectivity index (χ0) is 14.3. The summed E-state index contributed by atoms with van der Waals surface area (Å²) in [6.45, 7) is 17.7. The lowest BCUT2D eigenvalue weighted by Gasteiger charge is -2.60. The van der Waals surface area contributed by atoms with Crippen molar-refractivity contribution in [1.29, 1.82) is 0 Å². The van der Waals surface area contributed by atoms with Crippen LogP contribution in [0.2, 0.25) is 15.1 Å². The molecule has 0 aliphatic heterocycles. The summed E-state index contributed by atoms with van der Waals surface area (Å²) in [5.74, 6) is 0.559. The monoisotopic (exact) mass is 328 g/mol. The fourth-order valence-electron chi connectivity index (χ4n) is 3.99. The fourth-order valence-corrected chi connectivity index (χ4v) is 17.0. The highest BCUT2D eigenvalue weighted by Gasteiger charge is 2.65. The maximum Gasteiger partial charge on any atom is 0.186 e. The highest BCUT2D eigenvalue weighted by Crippen LogP contribution is 2.64. The Balaban J connectivity index is 0. The molecule has 0 rings (SSSR count). The highest BCUT2D eigenvalue weighted by atomic mass is 35.5. The lowest BCUT2D eigenvalue weighted by Crippen LogP contribution is -2.65. The van der Waals surface area contributed by atoms with Crippen LogP contribution < -0.4 is 0 Å². The molecule has 0 heterocycles. The van der Waals surface area contributed by atoms with Gasteiger partial charge in [-0.15, -0.1) is 11.6 Å². The van der Waals surface area contributed by atoms with Gasteiger partial charge in [-0.3, -0.25) is 0 Å². The van der Waals surface area contributed by atoms with Crippen LogP contribution in [-0.4, -0.2) is 26.1 Å². The van der Waals surface area contributed by atoms with Gasteiger partial charge in [0.1, 0.15) is 0 Å². The van der Waals surface area contributed by atoms with Crippen LogP contribution in [0.4, 0.5) is 0 Å². The van der Waals surface area contributed by atoms with Crippen LogP contribution in [0.3, 0.4) is 0 Å². The zero-order valence-electron chi connectivity index (χ0n) is 12.9. The molecular formula is C12H26BCl3NSi. The molecule has 0 amide bonds. The summed E-state index contributed by atoms with van der Waals surface area (Å²) in [6, 6.07) is 0. The van der Waals surface area contributed by atoms with E-state index in [1.54, 1.807) is 0 Å². The number of rotatable bonds is 3. The molecule has 6 heteroatoms. The van der Waals surface area contributed by atoms with Crippen molar-refractivity contribution >= 4 is 51.8 Å². The lowest BCUT2D eigenvalue weighted by atomic mass is 10.2. The lowest BCUT2D eigenvalue weighted by molar-refractivity contribution is 0.497. The third-order valence-electron chi connectivity index (χ3n) is 3.74. The molecule has 1 nitrogen and oxygen atoms in total. The minimum absolute atomic E-state index is 0. The molecule has 0 aromatic rings. The van der Waals surface area contributed by atoms with E-state index < -0.39 is 8.24 Å². The van der Waals surface area contributed by atoms with Gasteiger partial charge in [-0.25, -0.2) is 0 Å². The Morgan fingerprint density at radius 1 is 0.833 bits per heavy atom. The molecule has 0 spiro atoms. The van der Waals surface area contributed by atoms with E-state index in [-0.39, 0.29) is 23.5 Å². The zero-order valence-corrected chi connectivity index (χ0v) is 16.1. The van der Waals surface area contributed by atoms with Crippen molar-refractivity contribution in [1.82, 2.24) is 3.60 Å². The van der Waals surface area contributed by atoms with E-state index in [1.165, 1.54) is 3.60 Å². The minimum atomic E-state index is -2.27. The van der Waals surface area contributed by atoms with Gasteiger partial charge in [0.25, 0.3) is 0 Å². The van der Waals surface area contributed by atoms with Crippen molar-refractivity contribution in [2.75, 3.05) is 5.88 Å². The topological polar surface area (TPSA) is 3.24 Å². The van der Waals surface area contributed by atoms with Gasteiger partial charge in [-0.1, -0.05) is 55.4 Å². The van der Waals surface area contributed by atoms with Gasteiger partial charge in [0, 0.05) is 14.3 Å². The van der Waals surface area contributed by atoms with E-state index in [2.05, 4.69) is 55.4 Å². The van der Waals surface area contributed by atoms with Crippen molar-refractivity contribution in [2.45, 2.75) is 70.5 Å². The summed E-state index contributed by atoms with van der Waals surface area (Å²) < 4.78 is 1.47. The fraction of sp³-hybridized carbons (Fsp3) is 1.00. The summed E-state index contributed by atoms with van der Waals surface area (Å²) in [7, 11) is -2.27. The minimum Gasteiger partial charge on any atom is -0.158 e. The smallest absolute Gasteiger partial charge is 0.158 e. The van der Waals surface area contributed by atoms with Crippen molar-refractivity contribution < 1.29 is 0 Å². The second kappa shape index (κ2) is 6.26. The average molecular weight is 330 g/mol. The first-order valence-electron chi connectivity index (χ1n) is 5.93. The van der Waals surface area contributed by atoms with Crippen LogP contribution in [0.25, 0.3) is 0 Å². The quantitative estimate of drug-likeness (QED) is 0.360. The standard InChI is InChI=1S/C12H26Cl3NSi.B/c1-10(2,3)17(16(14)15,11(4,5)6)12(7,8)9-13;/h9H2,1-8H3;. The molecule has 0 aliphatic carbocycles. The average Bonchev–Trinajstić information content (AvgIpc) is 1.97. The number of nitrogens with zero attached hydrogens (tertiary/aromatic N) is 1. The van der Waals surface area contributed by atoms with E-state index in [4.69, 9.17) is 35.2 Å². The van der Waals surface area contributed by atoms with Gasteiger partial charge in [0.05, 0.1) is 0 Å². The van der Waals surface area contributed by atoms with Crippen LogP contribution in [0.5, 0.6) is 0 Å². The van der Waals surface area contributed by atoms with Gasteiger partial charge >= 0.3 is 0 Å². The highest BCUT2D eigenvalue weighted by molar-refractivity contribution is 6.92. The normalized spacial score (nSPS) is 14.7. The van der Waals surface area contributed by atoms with E-state index >= 15 is 0 Å². The van der Waals surface area contributed by atoms with Gasteiger partial charge in [-0.05, 0) is 38.7 Å². The van der Waals surface area contributed by atoms with E-state index in [9.17, 15) is 0 Å². The summed E-state index contributed by atoms with van der Waals surface area (Å²) in [4.78, 5) is 0. The molecule has 0 N–H and O–H groups in total. The van der Waals surface area contributed by atoms with Gasteiger partial charge in [0.15, 0.2) is 8.24 Å². The molecule has 0 fully saturated rings. The molecule has 0 aromatic carbocycles. The Hall–Kier alpha value is 1.11. The van der Waals surface area contributed by atoms with E-state index in [0.717, 1.165) is 0 Å². The summed E-state index contributed by atoms with van der Waals surface area (Å²) >= 11 is 18.9. The molecular weight excluding hydrogens is 303 g/mol. The number of halogens is 3. The van der Waals surface area contributed by atoms with Crippen molar-refractivity contribution in [3.8, 4) is 0 Å². The van der Waals surface area contributed by atoms with Gasteiger partial charge in [0.2, 0.25) is 0 Å². The third-order valence-corrected chi connectivity index (χ3v) is 13.1. The molecule has 0 atom stereocenters. The summed E-state index contributed by atoms with van der Waals surface area (Å²) in [5.41, 5.74) is 0. The number of hydrogen-bond donors (Lipinski definition) is 0. The second-order valence-electron chi connectivity index (χ2n) is 7.46. The van der Waals surface area contributed by atoms with Crippen molar-refractivity contribution in [3.63, 3.8) is 0 Å². The van der Waals surface area contributed by atoms with Crippen LogP contribution in [-0.2, 0) is 0 Å². The molecule has 0 bridgehead atoms. The number of alkyl halides is 1. The Morgan fingerprint density at radius 2 is 1.11 bits per heavy atom. The molecule has 0 unspecified atom stereocenters. The van der Waals surface area contributed by atoms with Crippen LogP contribution in [0.1, 0.15) is 55.4 Å². The largest absolute Gasteiger partial charge is 0.186 e. The Kier molecular flexibility index (Phi) is 7.44. The molecule has 0 aliphatic rings. The molecule has 107 valence electrons. The first kappa shape index (κ1) is 21.4.